The van der Waals surface area contributed by atoms with Gasteiger partial charge in [-0.2, -0.15) is 0 Å². The summed E-state index contributed by atoms with van der Waals surface area (Å²) in [6, 6.07) is 0. The lowest BCUT2D eigenvalue weighted by Gasteiger charge is -2.35. The van der Waals surface area contributed by atoms with Crippen LogP contribution in [0.3, 0.4) is 0 Å². The van der Waals surface area contributed by atoms with Crippen LogP contribution in [0.25, 0.3) is 0 Å². The van der Waals surface area contributed by atoms with Crippen molar-refractivity contribution in [2.24, 2.45) is 11.8 Å². The first kappa shape index (κ1) is 20.9. The van der Waals surface area contributed by atoms with Gasteiger partial charge >= 0.3 is 25.0 Å². The molecule has 1 rings (SSSR count). The number of nitrogens with one attached hydrogen (secondary N) is 2. The summed E-state index contributed by atoms with van der Waals surface area (Å²) in [4.78, 5) is 46.1. The second-order valence-corrected chi connectivity index (χ2v) is 6.23. The van der Waals surface area contributed by atoms with E-state index in [9.17, 15) is 19.2 Å². The van der Waals surface area contributed by atoms with Crippen molar-refractivity contribution in [3.63, 3.8) is 0 Å². The molecule has 0 aliphatic carbocycles. The van der Waals surface area contributed by atoms with Gasteiger partial charge in [0.15, 0.2) is 5.92 Å². The van der Waals surface area contributed by atoms with Gasteiger partial charge in [0.2, 0.25) is 5.91 Å². The molecule has 0 aromatic carbocycles. The lowest BCUT2D eigenvalue weighted by Crippen LogP contribution is -2.59. The molecule has 3 atom stereocenters. The van der Waals surface area contributed by atoms with Crippen LogP contribution in [-0.2, 0) is 28.5 Å². The summed E-state index contributed by atoms with van der Waals surface area (Å²) in [5.41, 5.74) is 0. The molecule has 4 N–H and O–H groups in total. The Labute approximate surface area is 145 Å². The molecular weight excluding hydrogens is 335 g/mol. The Kier molecular flexibility index (Phi) is 7.84. The molecule has 0 radical (unpaired) electrons. The Hall–Kier alpha value is -2.14. The van der Waals surface area contributed by atoms with Gasteiger partial charge < -0.3 is 30.2 Å². The van der Waals surface area contributed by atoms with E-state index in [0.717, 1.165) is 0 Å². The fourth-order valence-electron chi connectivity index (χ4n) is 2.56. The Morgan fingerprint density at radius 3 is 2.40 bits per heavy atom. The number of rotatable bonds is 9. The summed E-state index contributed by atoms with van der Waals surface area (Å²) in [5, 5.41) is 23.4. The maximum absolute atomic E-state index is 12.0. The number of likely N-dealkylation sites (N-methyl/N-ethyl adjacent to an activating group) is 1. The highest BCUT2D eigenvalue weighted by Crippen LogP contribution is 2.24. The van der Waals surface area contributed by atoms with Crippen molar-refractivity contribution >= 4 is 30.9 Å². The number of carboxylic acids is 2. The topological polar surface area (TPSA) is 151 Å². The third kappa shape index (κ3) is 6.35. The Morgan fingerprint density at radius 1 is 1.28 bits per heavy atom. The third-order valence-electron chi connectivity index (χ3n) is 3.55. The zero-order valence-electron chi connectivity index (χ0n) is 14.4. The number of carbonyl (C=O) groups excluding carboxylic acids is 2. The molecule has 0 bridgehead atoms. The van der Waals surface area contributed by atoms with Gasteiger partial charge in [0.1, 0.15) is 0 Å². The van der Waals surface area contributed by atoms with Crippen LogP contribution in [0.4, 0.5) is 0 Å². The molecule has 0 saturated carbocycles. The van der Waals surface area contributed by atoms with Gasteiger partial charge in [-0.1, -0.05) is 13.8 Å². The second-order valence-electron chi connectivity index (χ2n) is 6.23. The van der Waals surface area contributed by atoms with E-state index in [0.29, 0.717) is 6.42 Å². The van der Waals surface area contributed by atoms with Gasteiger partial charge in [0, 0.05) is 0 Å². The molecule has 11 heteroatoms. The van der Waals surface area contributed by atoms with E-state index in [1.807, 2.05) is 13.8 Å². The van der Waals surface area contributed by atoms with E-state index in [1.165, 1.54) is 0 Å². The average molecular weight is 358 g/mol. The first-order valence-electron chi connectivity index (χ1n) is 7.90. The number of amides is 1. The van der Waals surface area contributed by atoms with Gasteiger partial charge in [-0.15, -0.1) is 0 Å². The predicted molar refractivity (Wildman–Crippen MR) is 85.4 cm³/mol. The summed E-state index contributed by atoms with van der Waals surface area (Å²) >= 11 is 0. The smallest absolute Gasteiger partial charge is 0.508 e. The van der Waals surface area contributed by atoms with E-state index in [2.05, 4.69) is 10.6 Å². The van der Waals surface area contributed by atoms with Crippen molar-refractivity contribution in [1.29, 1.82) is 0 Å². The van der Waals surface area contributed by atoms with Crippen LogP contribution >= 0.6 is 0 Å². The molecule has 1 fully saturated rings. The van der Waals surface area contributed by atoms with Crippen molar-refractivity contribution in [2.45, 2.75) is 38.7 Å². The SMILES string of the molecule is CNCC(=O)N[C@@H](CC(C)C)B1OC(=O)C(C(=O)O)C(CC(=O)O)O1. The minimum atomic E-state index is -1.72. The highest BCUT2D eigenvalue weighted by atomic mass is 16.6. The van der Waals surface area contributed by atoms with Crippen LogP contribution in [0.15, 0.2) is 0 Å². The van der Waals surface area contributed by atoms with Crippen molar-refractivity contribution in [2.75, 3.05) is 13.6 Å². The lowest BCUT2D eigenvalue weighted by atomic mass is 9.71. The van der Waals surface area contributed by atoms with E-state index in [1.54, 1.807) is 7.05 Å². The first-order chi connectivity index (χ1) is 11.6. The Bertz CT molecular complexity index is 527. The van der Waals surface area contributed by atoms with Gasteiger partial charge in [-0.25, -0.2) is 0 Å². The molecular formula is C14H23BN2O8. The molecule has 1 aliphatic heterocycles. The molecule has 0 aromatic heterocycles. The number of hydrogen-bond acceptors (Lipinski definition) is 7. The van der Waals surface area contributed by atoms with Gasteiger partial charge in [0.25, 0.3) is 0 Å². The number of aliphatic carboxylic acids is 2. The van der Waals surface area contributed by atoms with Crippen LogP contribution in [-0.4, -0.2) is 66.8 Å². The summed E-state index contributed by atoms with van der Waals surface area (Å²) in [7, 11) is 0.338. The lowest BCUT2D eigenvalue weighted by molar-refractivity contribution is -0.165. The monoisotopic (exact) mass is 358 g/mol. The minimum Gasteiger partial charge on any atom is -0.508 e. The number of carbonyl (C=O) groups is 4. The molecule has 1 heterocycles. The van der Waals surface area contributed by atoms with Crippen molar-refractivity contribution in [3.8, 4) is 0 Å². The maximum Gasteiger partial charge on any atom is 0.551 e. The Morgan fingerprint density at radius 2 is 1.92 bits per heavy atom. The minimum absolute atomic E-state index is 0.0333. The van der Waals surface area contributed by atoms with Crippen LogP contribution in [0, 0.1) is 11.8 Å². The van der Waals surface area contributed by atoms with Crippen LogP contribution < -0.4 is 10.6 Å². The molecule has 1 amide bonds. The second kappa shape index (κ2) is 9.37. The molecule has 140 valence electrons. The summed E-state index contributed by atoms with van der Waals surface area (Å²) < 4.78 is 10.5. The van der Waals surface area contributed by atoms with Crippen LogP contribution in [0.2, 0.25) is 0 Å². The van der Waals surface area contributed by atoms with E-state index in [-0.39, 0.29) is 18.4 Å². The van der Waals surface area contributed by atoms with E-state index in [4.69, 9.17) is 19.5 Å². The standard InChI is InChI=1S/C14H23BN2O8/c1-7(2)4-9(17-10(18)6-16-3)15-24-8(5-11(19)20)12(13(21)22)14(23)25-15/h7-9,12,16H,4-6H2,1-3H3,(H,17,18)(H,19,20)(H,21,22)/t8?,9-,12?/m0/s1. The van der Waals surface area contributed by atoms with Gasteiger partial charge in [-0.05, 0) is 19.4 Å². The third-order valence-corrected chi connectivity index (χ3v) is 3.55. The Balaban J connectivity index is 2.97. The summed E-state index contributed by atoms with van der Waals surface area (Å²) in [6.07, 6.45) is -1.65. The van der Waals surface area contributed by atoms with Gasteiger partial charge in [0.05, 0.1) is 25.0 Å². The van der Waals surface area contributed by atoms with E-state index >= 15 is 0 Å². The molecule has 10 nitrogen and oxygen atoms in total. The maximum atomic E-state index is 12.0. The highest BCUT2D eigenvalue weighted by Gasteiger charge is 2.50. The first-order valence-corrected chi connectivity index (χ1v) is 7.90. The van der Waals surface area contributed by atoms with Crippen LogP contribution in [0.5, 0.6) is 0 Å². The average Bonchev–Trinajstić information content (AvgIpc) is 2.44. The van der Waals surface area contributed by atoms with E-state index < -0.39 is 49.4 Å². The molecule has 1 aliphatic rings. The highest BCUT2D eigenvalue weighted by molar-refractivity contribution is 6.50. The van der Waals surface area contributed by atoms with Crippen molar-refractivity contribution in [1.82, 2.24) is 10.6 Å². The summed E-state index contributed by atoms with van der Waals surface area (Å²) in [5.74, 6) is -6.60. The normalized spacial score (nSPS) is 21.6. The number of hydrogen-bond donors (Lipinski definition) is 4. The largest absolute Gasteiger partial charge is 0.551 e. The fraction of sp³-hybridized carbons (Fsp3) is 0.714. The van der Waals surface area contributed by atoms with Crippen molar-refractivity contribution < 1.29 is 38.7 Å². The molecule has 25 heavy (non-hydrogen) atoms. The zero-order chi connectivity index (χ0) is 19.1. The van der Waals surface area contributed by atoms with Gasteiger partial charge in [-0.3, -0.25) is 19.2 Å². The van der Waals surface area contributed by atoms with Crippen LogP contribution in [0.1, 0.15) is 26.7 Å². The predicted octanol–water partition coefficient (Wildman–Crippen LogP) is -1.12. The summed E-state index contributed by atoms with van der Waals surface area (Å²) in [6.45, 7) is 3.80. The molecule has 0 spiro atoms. The zero-order valence-corrected chi connectivity index (χ0v) is 14.4. The fourth-order valence-corrected chi connectivity index (χ4v) is 2.56. The number of carboxylic acid groups (broad SMARTS) is 2. The molecule has 1 saturated heterocycles. The molecule has 0 aromatic rings. The quantitative estimate of drug-likeness (QED) is 0.297. The molecule has 2 unspecified atom stereocenters. The van der Waals surface area contributed by atoms with Crippen molar-refractivity contribution in [3.05, 3.63) is 0 Å².